The molecule has 0 spiro atoms. The Morgan fingerprint density at radius 3 is 2.55 bits per heavy atom. The summed E-state index contributed by atoms with van der Waals surface area (Å²) in [5.41, 5.74) is 1.29. The molecule has 0 fully saturated rings. The van der Waals surface area contributed by atoms with Gasteiger partial charge in [-0.1, -0.05) is 18.2 Å². The monoisotopic (exact) mass is 437 g/mol. The molecule has 0 saturated carbocycles. The van der Waals surface area contributed by atoms with E-state index in [0.717, 1.165) is 15.3 Å². The molecule has 2 aromatic heterocycles. The Balaban J connectivity index is 1.53. The van der Waals surface area contributed by atoms with Crippen LogP contribution in [0.15, 0.2) is 52.6 Å². The van der Waals surface area contributed by atoms with Gasteiger partial charge in [-0.25, -0.2) is 14.5 Å². The second-order valence-electron chi connectivity index (χ2n) is 6.61. The highest BCUT2D eigenvalue weighted by molar-refractivity contribution is 7.13. The van der Waals surface area contributed by atoms with E-state index >= 15 is 0 Å². The molecular formula is C22H19N3O5S. The van der Waals surface area contributed by atoms with Crippen LogP contribution < -0.4 is 15.0 Å². The minimum atomic E-state index is -0.618. The summed E-state index contributed by atoms with van der Waals surface area (Å²) in [6.07, 6.45) is 0. The molecule has 9 heteroatoms. The molecule has 0 atom stereocenters. The summed E-state index contributed by atoms with van der Waals surface area (Å²) in [5, 5.41) is 7.55. The number of nitrogens with zero attached hydrogens (tertiary/aromatic N) is 3. The number of fused-ring (bicyclic) bond motifs is 1. The second kappa shape index (κ2) is 8.57. The molecule has 0 unspecified atom stereocenters. The van der Waals surface area contributed by atoms with Crippen molar-refractivity contribution in [3.63, 3.8) is 0 Å². The maximum Gasteiger partial charge on any atom is 0.359 e. The van der Waals surface area contributed by atoms with Crippen molar-refractivity contribution >= 4 is 28.1 Å². The zero-order chi connectivity index (χ0) is 22.0. The van der Waals surface area contributed by atoms with E-state index in [-0.39, 0.29) is 17.9 Å². The minimum Gasteiger partial charge on any atom is -0.493 e. The normalized spacial score (nSPS) is 10.8. The van der Waals surface area contributed by atoms with Gasteiger partial charge in [0, 0.05) is 23.4 Å². The molecule has 0 aliphatic heterocycles. The van der Waals surface area contributed by atoms with Gasteiger partial charge >= 0.3 is 5.97 Å². The summed E-state index contributed by atoms with van der Waals surface area (Å²) in [7, 11) is 4.66. The number of hydrogen-bond acceptors (Lipinski definition) is 8. The van der Waals surface area contributed by atoms with Crippen molar-refractivity contribution in [3.05, 3.63) is 69.6 Å². The summed E-state index contributed by atoms with van der Waals surface area (Å²) in [6, 6.07) is 12.4. The fourth-order valence-electron chi connectivity index (χ4n) is 3.13. The number of rotatable bonds is 6. The first kappa shape index (κ1) is 20.5. The molecule has 2 heterocycles. The SMILES string of the molecule is COc1ccc(-c2nc(COC(=O)c3nn(C)c(=O)c4ccccc34)cs2)cc1OC. The number of hydrogen-bond donors (Lipinski definition) is 0. The van der Waals surface area contributed by atoms with E-state index in [4.69, 9.17) is 14.2 Å². The first-order valence-corrected chi connectivity index (χ1v) is 10.2. The van der Waals surface area contributed by atoms with Gasteiger partial charge in [0.1, 0.15) is 11.6 Å². The van der Waals surface area contributed by atoms with Crippen LogP contribution in [0.2, 0.25) is 0 Å². The highest BCUT2D eigenvalue weighted by Crippen LogP contribution is 2.33. The third-order valence-corrected chi connectivity index (χ3v) is 5.62. The Kier molecular flexibility index (Phi) is 5.68. The van der Waals surface area contributed by atoms with Crippen LogP contribution in [0.3, 0.4) is 0 Å². The zero-order valence-corrected chi connectivity index (χ0v) is 17.9. The van der Waals surface area contributed by atoms with E-state index in [1.54, 1.807) is 38.5 Å². The van der Waals surface area contributed by atoms with Crippen molar-refractivity contribution in [2.75, 3.05) is 14.2 Å². The molecule has 31 heavy (non-hydrogen) atoms. The average molecular weight is 437 g/mol. The van der Waals surface area contributed by atoms with Gasteiger partial charge in [-0.3, -0.25) is 4.79 Å². The lowest BCUT2D eigenvalue weighted by atomic mass is 10.1. The number of aryl methyl sites for hydroxylation is 1. The molecular weight excluding hydrogens is 418 g/mol. The molecule has 0 aliphatic rings. The van der Waals surface area contributed by atoms with Crippen molar-refractivity contribution in [3.8, 4) is 22.1 Å². The van der Waals surface area contributed by atoms with Gasteiger partial charge in [-0.2, -0.15) is 5.10 Å². The highest BCUT2D eigenvalue weighted by atomic mass is 32.1. The van der Waals surface area contributed by atoms with E-state index in [0.29, 0.717) is 28.0 Å². The maximum absolute atomic E-state index is 12.7. The number of esters is 1. The van der Waals surface area contributed by atoms with E-state index < -0.39 is 5.97 Å². The van der Waals surface area contributed by atoms with Crippen molar-refractivity contribution in [1.29, 1.82) is 0 Å². The lowest BCUT2D eigenvalue weighted by Gasteiger charge is -2.08. The Bertz CT molecular complexity index is 1330. The predicted molar refractivity (Wildman–Crippen MR) is 117 cm³/mol. The van der Waals surface area contributed by atoms with Gasteiger partial charge in [0.2, 0.25) is 0 Å². The largest absolute Gasteiger partial charge is 0.493 e. The molecule has 4 aromatic rings. The smallest absolute Gasteiger partial charge is 0.359 e. The number of methoxy groups -OCH3 is 2. The fourth-order valence-corrected chi connectivity index (χ4v) is 3.93. The van der Waals surface area contributed by atoms with Crippen molar-refractivity contribution in [1.82, 2.24) is 14.8 Å². The first-order valence-electron chi connectivity index (χ1n) is 9.31. The molecule has 4 rings (SSSR count). The van der Waals surface area contributed by atoms with Crippen LogP contribution in [-0.2, 0) is 18.4 Å². The van der Waals surface area contributed by atoms with Gasteiger partial charge in [0.05, 0.1) is 25.3 Å². The van der Waals surface area contributed by atoms with Crippen LogP contribution >= 0.6 is 11.3 Å². The third-order valence-electron chi connectivity index (χ3n) is 4.68. The summed E-state index contributed by atoms with van der Waals surface area (Å²) in [4.78, 5) is 29.4. The third kappa shape index (κ3) is 3.99. The molecule has 0 N–H and O–H groups in total. The number of benzene rings is 2. The number of carbonyl (C=O) groups is 1. The van der Waals surface area contributed by atoms with E-state index in [2.05, 4.69) is 10.1 Å². The van der Waals surface area contributed by atoms with E-state index in [1.165, 1.54) is 18.4 Å². The topological polar surface area (TPSA) is 92.5 Å². The van der Waals surface area contributed by atoms with Crippen LogP contribution in [0.4, 0.5) is 0 Å². The van der Waals surface area contributed by atoms with Gasteiger partial charge in [-0.15, -0.1) is 11.3 Å². The lowest BCUT2D eigenvalue weighted by molar-refractivity contribution is 0.0461. The number of carbonyl (C=O) groups excluding carboxylic acids is 1. The van der Waals surface area contributed by atoms with Crippen LogP contribution in [0.1, 0.15) is 16.2 Å². The molecule has 0 amide bonds. The molecule has 0 radical (unpaired) electrons. The average Bonchev–Trinajstić information content (AvgIpc) is 3.28. The Morgan fingerprint density at radius 1 is 1.06 bits per heavy atom. The van der Waals surface area contributed by atoms with Crippen LogP contribution in [0.25, 0.3) is 21.3 Å². The maximum atomic E-state index is 12.7. The Morgan fingerprint density at radius 2 is 1.81 bits per heavy atom. The Hall–Kier alpha value is -3.72. The molecule has 2 aromatic carbocycles. The molecule has 8 nitrogen and oxygen atoms in total. The molecule has 158 valence electrons. The molecule has 0 saturated heterocycles. The van der Waals surface area contributed by atoms with Crippen molar-refractivity contribution in [2.45, 2.75) is 6.61 Å². The summed E-state index contributed by atoms with van der Waals surface area (Å²) >= 11 is 1.43. The van der Waals surface area contributed by atoms with Crippen LogP contribution in [0, 0.1) is 0 Å². The van der Waals surface area contributed by atoms with Crippen LogP contribution in [-0.4, -0.2) is 35.0 Å². The second-order valence-corrected chi connectivity index (χ2v) is 7.47. The van der Waals surface area contributed by atoms with Gasteiger partial charge < -0.3 is 14.2 Å². The number of ether oxygens (including phenoxy) is 3. The van der Waals surface area contributed by atoms with Crippen molar-refractivity contribution in [2.24, 2.45) is 7.05 Å². The standard InChI is InChI=1S/C22H19N3O5S/c1-25-21(26)16-7-5-4-6-15(16)19(24-25)22(27)30-11-14-12-31-20(23-14)13-8-9-17(28-2)18(10-13)29-3/h4-10,12H,11H2,1-3H3. The summed E-state index contributed by atoms with van der Waals surface area (Å²) in [6.45, 7) is -0.0124. The zero-order valence-electron chi connectivity index (χ0n) is 17.1. The highest BCUT2D eigenvalue weighted by Gasteiger charge is 2.18. The lowest BCUT2D eigenvalue weighted by Crippen LogP contribution is -2.23. The van der Waals surface area contributed by atoms with Gasteiger partial charge in [-0.05, 0) is 24.3 Å². The Labute approximate surface area is 181 Å². The molecule has 0 bridgehead atoms. The van der Waals surface area contributed by atoms with Gasteiger partial charge in [0.15, 0.2) is 17.2 Å². The quantitative estimate of drug-likeness (QED) is 0.427. The summed E-state index contributed by atoms with van der Waals surface area (Å²) < 4.78 is 17.2. The van der Waals surface area contributed by atoms with Gasteiger partial charge in [0.25, 0.3) is 5.56 Å². The minimum absolute atomic E-state index is 0.0124. The summed E-state index contributed by atoms with van der Waals surface area (Å²) in [5.74, 6) is 0.622. The van der Waals surface area contributed by atoms with E-state index in [1.807, 2.05) is 23.6 Å². The first-order chi connectivity index (χ1) is 15.0. The number of thiazole rings is 1. The van der Waals surface area contributed by atoms with E-state index in [9.17, 15) is 9.59 Å². The predicted octanol–water partition coefficient (Wildman–Crippen LogP) is 3.43. The van der Waals surface area contributed by atoms with Crippen molar-refractivity contribution < 1.29 is 19.0 Å². The number of aromatic nitrogens is 3. The van der Waals surface area contributed by atoms with Crippen LogP contribution in [0.5, 0.6) is 11.5 Å². The fraction of sp³-hybridized carbons (Fsp3) is 0.182. The molecule has 0 aliphatic carbocycles.